The van der Waals surface area contributed by atoms with Gasteiger partial charge in [-0.05, 0) is 34.9 Å². The molecule has 3 aliphatic rings. The second kappa shape index (κ2) is 12.0. The summed E-state index contributed by atoms with van der Waals surface area (Å²) in [6, 6.07) is 13.5. The molecule has 42 heavy (non-hydrogen) atoms. The van der Waals surface area contributed by atoms with Crippen molar-refractivity contribution in [2.24, 2.45) is 0 Å². The van der Waals surface area contributed by atoms with Gasteiger partial charge in [0.1, 0.15) is 18.6 Å². The summed E-state index contributed by atoms with van der Waals surface area (Å²) >= 11 is 1.61. The van der Waals surface area contributed by atoms with Crippen LogP contribution in [0.3, 0.4) is 0 Å². The molecule has 0 bridgehead atoms. The molecule has 11 nitrogen and oxygen atoms in total. The van der Waals surface area contributed by atoms with Gasteiger partial charge in [-0.3, -0.25) is 19.3 Å². The largest absolute Gasteiger partial charge is 0.511 e. The SMILES string of the molecule is COCCOC(=O)OCOc1c2n(ccc1=O)N([C@H]1c3ccc(F)cc3CSc3ccccc31)[C@@H]1COCCN1C2=O. The number of rotatable bonds is 7. The van der Waals surface area contributed by atoms with Gasteiger partial charge in [-0.2, -0.15) is 0 Å². The van der Waals surface area contributed by atoms with Crippen molar-refractivity contribution >= 4 is 23.8 Å². The molecule has 0 unspecified atom stereocenters. The summed E-state index contributed by atoms with van der Waals surface area (Å²) in [5.41, 5.74) is 2.07. The quantitative estimate of drug-likeness (QED) is 0.229. The Kier molecular flexibility index (Phi) is 8.05. The van der Waals surface area contributed by atoms with Crippen LogP contribution in [0.2, 0.25) is 0 Å². The third kappa shape index (κ3) is 5.19. The summed E-state index contributed by atoms with van der Waals surface area (Å²) < 4.78 is 42.2. The summed E-state index contributed by atoms with van der Waals surface area (Å²) in [4.78, 5) is 41.6. The number of hydrogen-bond acceptors (Lipinski definition) is 10. The Morgan fingerprint density at radius 1 is 1.10 bits per heavy atom. The Morgan fingerprint density at radius 3 is 2.81 bits per heavy atom. The van der Waals surface area contributed by atoms with E-state index < -0.39 is 36.5 Å². The first kappa shape index (κ1) is 28.1. The van der Waals surface area contributed by atoms with Crippen LogP contribution in [0.25, 0.3) is 0 Å². The lowest BCUT2D eigenvalue weighted by molar-refractivity contribution is -0.0217. The van der Waals surface area contributed by atoms with Crippen LogP contribution in [0, 0.1) is 5.82 Å². The van der Waals surface area contributed by atoms with Crippen LogP contribution >= 0.6 is 11.8 Å². The molecule has 1 amide bonds. The molecule has 6 rings (SSSR count). The first-order chi connectivity index (χ1) is 20.5. The van der Waals surface area contributed by atoms with Gasteiger partial charge in [0.15, 0.2) is 5.69 Å². The van der Waals surface area contributed by atoms with Crippen molar-refractivity contribution < 1.29 is 37.7 Å². The minimum Gasteiger partial charge on any atom is -0.451 e. The second-order valence-electron chi connectivity index (χ2n) is 9.71. The maximum Gasteiger partial charge on any atom is 0.511 e. The number of morpholine rings is 1. The Labute approximate surface area is 244 Å². The average Bonchev–Trinajstić information content (AvgIpc) is 3.15. The molecule has 2 aromatic carbocycles. The molecule has 1 fully saturated rings. The fraction of sp³-hybridized carbons (Fsp3) is 0.345. The number of benzene rings is 2. The van der Waals surface area contributed by atoms with Crippen LogP contribution in [0.1, 0.15) is 33.2 Å². The molecule has 220 valence electrons. The lowest BCUT2D eigenvalue weighted by atomic mass is 9.93. The summed E-state index contributed by atoms with van der Waals surface area (Å²) in [6.45, 7) is 0.336. The molecule has 1 saturated heterocycles. The van der Waals surface area contributed by atoms with Crippen molar-refractivity contribution in [2.75, 3.05) is 51.9 Å². The summed E-state index contributed by atoms with van der Waals surface area (Å²) in [7, 11) is 1.46. The molecule has 13 heteroatoms. The average molecular weight is 598 g/mol. The van der Waals surface area contributed by atoms with Gasteiger partial charge in [-0.1, -0.05) is 24.3 Å². The van der Waals surface area contributed by atoms with E-state index in [9.17, 15) is 18.8 Å². The number of carbonyl (C=O) groups is 2. The van der Waals surface area contributed by atoms with Crippen molar-refractivity contribution in [3.05, 3.63) is 93.2 Å². The minimum atomic E-state index is -1.01. The molecule has 0 saturated carbocycles. The molecule has 3 aromatic rings. The highest BCUT2D eigenvalue weighted by Crippen LogP contribution is 2.44. The van der Waals surface area contributed by atoms with Gasteiger partial charge >= 0.3 is 6.16 Å². The molecule has 2 atom stereocenters. The molecular weight excluding hydrogens is 569 g/mol. The van der Waals surface area contributed by atoms with E-state index in [-0.39, 0.29) is 43.6 Å². The lowest BCUT2D eigenvalue weighted by Crippen LogP contribution is -2.66. The van der Waals surface area contributed by atoms with E-state index in [0.29, 0.717) is 12.4 Å². The highest BCUT2D eigenvalue weighted by atomic mass is 32.2. The van der Waals surface area contributed by atoms with Crippen LogP contribution in [-0.2, 0) is 24.7 Å². The smallest absolute Gasteiger partial charge is 0.451 e. The molecule has 4 heterocycles. The van der Waals surface area contributed by atoms with E-state index in [2.05, 4.69) is 0 Å². The first-order valence-electron chi connectivity index (χ1n) is 13.3. The Hall–Kier alpha value is -4.07. The number of halogens is 1. The van der Waals surface area contributed by atoms with Gasteiger partial charge in [-0.25, -0.2) is 9.18 Å². The van der Waals surface area contributed by atoms with Gasteiger partial charge in [0.05, 0.1) is 25.9 Å². The molecule has 0 aliphatic carbocycles. The number of aromatic nitrogens is 1. The molecule has 3 aliphatic heterocycles. The van der Waals surface area contributed by atoms with E-state index in [4.69, 9.17) is 23.7 Å². The monoisotopic (exact) mass is 597 g/mol. The van der Waals surface area contributed by atoms with Crippen LogP contribution in [0.4, 0.5) is 9.18 Å². The fourth-order valence-corrected chi connectivity index (χ4v) is 6.54. The van der Waals surface area contributed by atoms with E-state index in [1.54, 1.807) is 27.4 Å². The zero-order valence-electron chi connectivity index (χ0n) is 22.7. The molecule has 0 spiro atoms. The second-order valence-corrected chi connectivity index (χ2v) is 10.7. The number of amides is 1. The van der Waals surface area contributed by atoms with E-state index in [1.165, 1.54) is 31.5 Å². The van der Waals surface area contributed by atoms with Crippen LogP contribution in [0.5, 0.6) is 5.75 Å². The van der Waals surface area contributed by atoms with E-state index in [0.717, 1.165) is 21.6 Å². The van der Waals surface area contributed by atoms with Crippen molar-refractivity contribution in [1.82, 2.24) is 9.58 Å². The Balaban J connectivity index is 1.45. The number of pyridine rings is 1. The van der Waals surface area contributed by atoms with Crippen LogP contribution < -0.4 is 15.2 Å². The highest BCUT2D eigenvalue weighted by Gasteiger charge is 2.46. The molecule has 0 N–H and O–H groups in total. The van der Waals surface area contributed by atoms with Crippen molar-refractivity contribution in [2.45, 2.75) is 22.9 Å². The predicted molar refractivity (Wildman–Crippen MR) is 149 cm³/mol. The third-order valence-corrected chi connectivity index (χ3v) is 8.44. The molecule has 1 aromatic heterocycles. The maximum absolute atomic E-state index is 14.4. The third-order valence-electron chi connectivity index (χ3n) is 7.30. The molecular formula is C29H28FN3O8S. The van der Waals surface area contributed by atoms with Crippen LogP contribution in [0.15, 0.2) is 64.4 Å². The predicted octanol–water partition coefficient (Wildman–Crippen LogP) is 3.27. The van der Waals surface area contributed by atoms with Gasteiger partial charge in [-0.15, -0.1) is 11.8 Å². The van der Waals surface area contributed by atoms with Gasteiger partial charge in [0.25, 0.3) is 5.91 Å². The summed E-state index contributed by atoms with van der Waals surface area (Å²) in [5, 5.41) is 1.98. The Bertz CT molecular complexity index is 1570. The van der Waals surface area contributed by atoms with Crippen molar-refractivity contribution in [1.29, 1.82) is 0 Å². The fourth-order valence-electron chi connectivity index (χ4n) is 5.46. The molecule has 0 radical (unpaired) electrons. The van der Waals surface area contributed by atoms with Crippen molar-refractivity contribution in [3.8, 4) is 5.75 Å². The van der Waals surface area contributed by atoms with Crippen molar-refractivity contribution in [3.63, 3.8) is 0 Å². The van der Waals surface area contributed by atoms with Crippen LogP contribution in [-0.4, -0.2) is 74.7 Å². The number of nitrogens with zero attached hydrogens (tertiary/aromatic N) is 3. The minimum absolute atomic E-state index is 0.0168. The zero-order valence-corrected chi connectivity index (χ0v) is 23.5. The highest BCUT2D eigenvalue weighted by molar-refractivity contribution is 7.98. The van der Waals surface area contributed by atoms with Gasteiger partial charge < -0.3 is 28.6 Å². The number of fused-ring (bicyclic) bond motifs is 4. The van der Waals surface area contributed by atoms with Gasteiger partial charge in [0, 0.05) is 36.6 Å². The lowest BCUT2D eigenvalue weighted by Gasteiger charge is -2.51. The number of thioether (sulfide) groups is 1. The van der Waals surface area contributed by atoms with E-state index >= 15 is 0 Å². The number of carbonyl (C=O) groups excluding carboxylic acids is 2. The topological polar surface area (TPSA) is 109 Å². The standard InChI is InChI=1S/C29H28FN3O8S/c1-37-12-13-39-29(36)41-17-40-27-22(34)8-9-32-26(27)28(35)31-10-11-38-15-24(31)33(32)25-20-7-6-19(30)14-18(20)16-42-23-5-3-2-4-21(23)25/h2-9,14,24-25H,10-13,15-17H2,1H3/t24-,25+/m1/s1. The Morgan fingerprint density at radius 2 is 1.95 bits per heavy atom. The first-order valence-corrected chi connectivity index (χ1v) is 14.3. The number of ether oxygens (including phenoxy) is 5. The van der Waals surface area contributed by atoms with E-state index in [1.807, 2.05) is 29.3 Å². The summed E-state index contributed by atoms with van der Waals surface area (Å²) in [5.74, 6) is -0.471. The normalized spacial score (nSPS) is 19.1. The summed E-state index contributed by atoms with van der Waals surface area (Å²) in [6.07, 6.45) is -0.0207. The zero-order chi connectivity index (χ0) is 29.2. The number of methoxy groups -OCH3 is 1. The number of hydrogen-bond donors (Lipinski definition) is 0. The van der Waals surface area contributed by atoms with Gasteiger partial charge in [0.2, 0.25) is 18.0 Å². The maximum atomic E-state index is 14.4.